The maximum absolute atomic E-state index is 9.50. The van der Waals surface area contributed by atoms with Gasteiger partial charge in [0.05, 0.1) is 0 Å². The van der Waals surface area contributed by atoms with Gasteiger partial charge in [-0.1, -0.05) is 6.92 Å². The second-order valence-electron chi connectivity index (χ2n) is 3.34. The van der Waals surface area contributed by atoms with E-state index in [0.717, 1.165) is 6.08 Å². The minimum atomic E-state index is -1.69. The zero-order chi connectivity index (χ0) is 12.5. The van der Waals surface area contributed by atoms with Crippen molar-refractivity contribution < 1.29 is 31.6 Å². The number of aliphatic hydroxyl groups is 5. The van der Waals surface area contributed by atoms with Gasteiger partial charge in [-0.05, 0) is 12.5 Å². The van der Waals surface area contributed by atoms with E-state index in [1.807, 2.05) is 0 Å². The van der Waals surface area contributed by atoms with Crippen molar-refractivity contribution in [1.82, 2.24) is 0 Å². The SMILES string of the molecule is [2H]C(C)C=C(O)[C@H]1OC(O)[C@H](O)[C@@H](O)[C@H]1O. The zero-order valence-electron chi connectivity index (χ0n) is 9.19. The van der Waals surface area contributed by atoms with Crippen molar-refractivity contribution in [2.24, 2.45) is 0 Å². The highest BCUT2D eigenvalue weighted by Crippen LogP contribution is 2.23. The van der Waals surface area contributed by atoms with Crippen LogP contribution < -0.4 is 0 Å². The molecule has 1 heterocycles. The van der Waals surface area contributed by atoms with Gasteiger partial charge in [0, 0.05) is 1.37 Å². The molecule has 1 rings (SSSR count). The number of hydrogen-bond donors (Lipinski definition) is 5. The van der Waals surface area contributed by atoms with Gasteiger partial charge in [-0.2, -0.15) is 0 Å². The molecule has 0 radical (unpaired) electrons. The number of allylic oxidation sites excluding steroid dienone is 1. The van der Waals surface area contributed by atoms with Crippen LogP contribution >= 0.6 is 0 Å². The van der Waals surface area contributed by atoms with Crippen molar-refractivity contribution in [3.63, 3.8) is 0 Å². The first-order valence-corrected chi connectivity index (χ1v) is 4.55. The molecular formula is C9H16O6. The molecule has 15 heavy (non-hydrogen) atoms. The Labute approximate surface area is 88.5 Å². The fourth-order valence-electron chi connectivity index (χ4n) is 1.37. The highest BCUT2D eigenvalue weighted by Gasteiger charge is 2.44. The summed E-state index contributed by atoms with van der Waals surface area (Å²) in [5, 5.41) is 46.7. The average Bonchev–Trinajstić information content (AvgIpc) is 2.19. The molecule has 6 atom stereocenters. The van der Waals surface area contributed by atoms with E-state index in [-0.39, 0.29) is 0 Å². The molecule has 1 aliphatic rings. The van der Waals surface area contributed by atoms with Crippen LogP contribution in [0.2, 0.25) is 0 Å². The van der Waals surface area contributed by atoms with E-state index in [1.165, 1.54) is 6.92 Å². The maximum Gasteiger partial charge on any atom is 0.184 e. The van der Waals surface area contributed by atoms with Crippen molar-refractivity contribution >= 4 is 0 Å². The van der Waals surface area contributed by atoms with Crippen LogP contribution in [-0.2, 0) is 4.74 Å². The monoisotopic (exact) mass is 221 g/mol. The van der Waals surface area contributed by atoms with E-state index in [9.17, 15) is 25.5 Å². The summed E-state index contributed by atoms with van der Waals surface area (Å²) < 4.78 is 11.9. The Morgan fingerprint density at radius 3 is 2.40 bits per heavy atom. The normalized spacial score (nSPS) is 46.1. The second kappa shape index (κ2) is 4.91. The van der Waals surface area contributed by atoms with Crippen molar-refractivity contribution in [2.75, 3.05) is 0 Å². The summed E-state index contributed by atoms with van der Waals surface area (Å²) >= 11 is 0. The van der Waals surface area contributed by atoms with Crippen LogP contribution in [0.1, 0.15) is 14.7 Å². The van der Waals surface area contributed by atoms with E-state index >= 15 is 0 Å². The third-order valence-electron chi connectivity index (χ3n) is 2.22. The first-order chi connectivity index (χ1) is 7.34. The Balaban J connectivity index is 2.81. The van der Waals surface area contributed by atoms with Gasteiger partial charge in [0.15, 0.2) is 6.29 Å². The molecule has 6 heteroatoms. The molecule has 1 fully saturated rings. The molecule has 0 saturated carbocycles. The Hall–Kier alpha value is -0.660. The maximum atomic E-state index is 9.50. The number of ether oxygens (including phenoxy) is 1. The predicted octanol–water partition coefficient (Wildman–Crippen LogP) is -1.36. The molecule has 5 N–H and O–H groups in total. The van der Waals surface area contributed by atoms with Crippen LogP contribution in [0.3, 0.4) is 0 Å². The standard InChI is InChI=1S/C9H16O6/c1-2-3-4(10)8-6(12)5(11)7(13)9(14)15-8/h3,5-14H,2H2,1H3/t5-,6+,7+,8+,9?/m0/s1/i2D/t2?,5-,6+,7+,8+,9?. The van der Waals surface area contributed by atoms with Gasteiger partial charge in [0.25, 0.3) is 0 Å². The molecule has 2 unspecified atom stereocenters. The van der Waals surface area contributed by atoms with Crippen LogP contribution in [0.25, 0.3) is 0 Å². The lowest BCUT2D eigenvalue weighted by molar-refractivity contribution is -0.278. The number of aliphatic hydroxyl groups excluding tert-OH is 5. The molecule has 0 aromatic carbocycles. The van der Waals surface area contributed by atoms with Crippen LogP contribution in [0.15, 0.2) is 11.8 Å². The average molecular weight is 221 g/mol. The van der Waals surface area contributed by atoms with Gasteiger partial charge >= 0.3 is 0 Å². The molecule has 0 aliphatic carbocycles. The summed E-state index contributed by atoms with van der Waals surface area (Å²) in [5.74, 6) is -0.458. The van der Waals surface area contributed by atoms with E-state index in [4.69, 9.17) is 6.11 Å². The lowest BCUT2D eigenvalue weighted by Gasteiger charge is -2.37. The number of hydrogen-bond acceptors (Lipinski definition) is 6. The molecule has 88 valence electrons. The highest BCUT2D eigenvalue weighted by molar-refractivity contribution is 5.06. The molecule has 0 aromatic heterocycles. The van der Waals surface area contributed by atoms with Crippen molar-refractivity contribution in [1.29, 1.82) is 0 Å². The van der Waals surface area contributed by atoms with Crippen LogP contribution in [0, 0.1) is 0 Å². The Bertz CT molecular complexity index is 269. The van der Waals surface area contributed by atoms with E-state index in [2.05, 4.69) is 0 Å². The second-order valence-corrected chi connectivity index (χ2v) is 3.34. The topological polar surface area (TPSA) is 110 Å². The third kappa shape index (κ3) is 2.47. The molecule has 1 aliphatic heterocycles. The van der Waals surface area contributed by atoms with Gasteiger partial charge in [-0.15, -0.1) is 0 Å². The van der Waals surface area contributed by atoms with Crippen LogP contribution in [-0.4, -0.2) is 56.2 Å². The quantitative estimate of drug-likeness (QED) is 0.368. The lowest BCUT2D eigenvalue weighted by atomic mass is 9.97. The highest BCUT2D eigenvalue weighted by atomic mass is 16.6. The summed E-state index contributed by atoms with van der Waals surface area (Å²) in [6, 6.07) is 0. The molecule has 0 aromatic rings. The summed E-state index contributed by atoms with van der Waals surface area (Å²) in [7, 11) is 0. The summed E-state index contributed by atoms with van der Waals surface area (Å²) in [4.78, 5) is 0. The predicted molar refractivity (Wildman–Crippen MR) is 49.9 cm³/mol. The Morgan fingerprint density at radius 2 is 1.87 bits per heavy atom. The lowest BCUT2D eigenvalue weighted by Crippen LogP contribution is -2.57. The van der Waals surface area contributed by atoms with Crippen LogP contribution in [0.5, 0.6) is 0 Å². The largest absolute Gasteiger partial charge is 0.510 e. The molecule has 1 saturated heterocycles. The smallest absolute Gasteiger partial charge is 0.184 e. The van der Waals surface area contributed by atoms with Gasteiger partial charge in [-0.25, -0.2) is 0 Å². The summed E-state index contributed by atoms with van der Waals surface area (Å²) in [6.45, 7) is 1.48. The zero-order valence-corrected chi connectivity index (χ0v) is 8.19. The molecule has 0 amide bonds. The van der Waals surface area contributed by atoms with Gasteiger partial charge in [0.1, 0.15) is 30.2 Å². The first-order valence-electron chi connectivity index (χ1n) is 5.13. The van der Waals surface area contributed by atoms with E-state index < -0.39 is 42.9 Å². The fraction of sp³-hybridized carbons (Fsp3) is 0.778. The van der Waals surface area contributed by atoms with Crippen molar-refractivity contribution in [3.05, 3.63) is 11.8 Å². The minimum Gasteiger partial charge on any atom is -0.510 e. The summed E-state index contributed by atoms with van der Waals surface area (Å²) in [6.07, 6.45) is -7.48. The molecule has 6 nitrogen and oxygen atoms in total. The fourth-order valence-corrected chi connectivity index (χ4v) is 1.37. The van der Waals surface area contributed by atoms with E-state index in [0.29, 0.717) is 0 Å². The van der Waals surface area contributed by atoms with Gasteiger partial charge < -0.3 is 30.3 Å². The Kier molecular flexibility index (Phi) is 3.55. The summed E-state index contributed by atoms with van der Waals surface area (Å²) in [5.41, 5.74) is 0. The van der Waals surface area contributed by atoms with Crippen LogP contribution in [0.4, 0.5) is 0 Å². The minimum absolute atomic E-state index is 0.458. The van der Waals surface area contributed by atoms with Gasteiger partial charge in [0.2, 0.25) is 0 Å². The number of rotatable bonds is 2. The van der Waals surface area contributed by atoms with Crippen molar-refractivity contribution in [3.8, 4) is 0 Å². The van der Waals surface area contributed by atoms with Crippen molar-refractivity contribution in [2.45, 2.75) is 44.0 Å². The Morgan fingerprint density at radius 1 is 1.27 bits per heavy atom. The molecular weight excluding hydrogens is 204 g/mol. The third-order valence-corrected chi connectivity index (χ3v) is 2.22. The van der Waals surface area contributed by atoms with E-state index in [1.54, 1.807) is 0 Å². The molecule has 0 bridgehead atoms. The van der Waals surface area contributed by atoms with Gasteiger partial charge in [-0.3, -0.25) is 0 Å². The first kappa shape index (κ1) is 10.8. The molecule has 0 spiro atoms.